The molecule has 1 aliphatic rings. The molecule has 4 rings (SSSR count). The molecule has 0 aliphatic carbocycles. The summed E-state index contributed by atoms with van der Waals surface area (Å²) in [5.74, 6) is 0. The van der Waals surface area contributed by atoms with Gasteiger partial charge in [0, 0.05) is 16.8 Å². The van der Waals surface area contributed by atoms with Crippen LogP contribution >= 0.6 is 11.3 Å². The Morgan fingerprint density at radius 2 is 2.12 bits per heavy atom. The number of aromatic nitrogens is 5. The first-order chi connectivity index (χ1) is 11.9. The molecule has 0 N–H and O–H groups in total. The van der Waals surface area contributed by atoms with Crippen molar-refractivity contribution < 1.29 is 4.74 Å². The van der Waals surface area contributed by atoms with Crippen LogP contribution in [0.5, 0.6) is 0 Å². The van der Waals surface area contributed by atoms with Crippen molar-refractivity contribution in [2.75, 3.05) is 18.1 Å². The minimum Gasteiger partial charge on any atom is -0.367 e. The Balaban J connectivity index is 1.59. The molecule has 0 saturated carbocycles. The van der Waals surface area contributed by atoms with Gasteiger partial charge in [0.1, 0.15) is 11.1 Å². The highest BCUT2D eigenvalue weighted by Crippen LogP contribution is 2.33. The van der Waals surface area contributed by atoms with Gasteiger partial charge in [0.15, 0.2) is 5.65 Å². The van der Waals surface area contributed by atoms with Crippen molar-refractivity contribution in [1.29, 1.82) is 0 Å². The van der Waals surface area contributed by atoms with E-state index in [0.29, 0.717) is 6.61 Å². The minimum absolute atomic E-state index is 0.0122. The number of rotatable bonds is 2. The van der Waals surface area contributed by atoms with Crippen LogP contribution < -0.4 is 4.90 Å². The first kappa shape index (κ1) is 16.4. The molecule has 132 valence electrons. The Hall–Kier alpha value is -2.06. The summed E-state index contributed by atoms with van der Waals surface area (Å²) in [6.07, 6.45) is 1.96. The third-order valence-corrected chi connectivity index (χ3v) is 5.44. The number of hydrogen-bond donors (Lipinski definition) is 0. The number of tetrazole rings is 1. The molecule has 3 aromatic heterocycles. The molecule has 0 aromatic carbocycles. The van der Waals surface area contributed by atoms with Gasteiger partial charge in [-0.2, -0.15) is 4.52 Å². The summed E-state index contributed by atoms with van der Waals surface area (Å²) in [6.45, 7) is 10.2. The summed E-state index contributed by atoms with van der Waals surface area (Å²) < 4.78 is 7.79. The maximum absolute atomic E-state index is 6.09. The van der Waals surface area contributed by atoms with Crippen LogP contribution in [0.25, 0.3) is 5.65 Å². The average Bonchev–Trinajstić information content (AvgIpc) is 3.23. The number of ether oxygens (including phenoxy) is 1. The standard InChI is InChI=1S/C17H22N6OS/c1-11-9-24-13(16-18-14(10-25-16)17(2,3)4)8-22(11)12-5-6-15-19-20-21-23(15)7-12/h5-7,10-11,13H,8-9H2,1-4H3/t11-,13-/m0/s1. The quantitative estimate of drug-likeness (QED) is 0.702. The summed E-state index contributed by atoms with van der Waals surface area (Å²) in [5, 5.41) is 14.9. The highest BCUT2D eigenvalue weighted by atomic mass is 32.1. The molecular formula is C17H22N6OS. The second kappa shape index (κ2) is 6.03. The van der Waals surface area contributed by atoms with E-state index < -0.39 is 0 Å². The van der Waals surface area contributed by atoms with Crippen LogP contribution in [0.1, 0.15) is 44.5 Å². The van der Waals surface area contributed by atoms with Gasteiger partial charge in [0.05, 0.1) is 30.7 Å². The fourth-order valence-electron chi connectivity index (χ4n) is 2.95. The predicted molar refractivity (Wildman–Crippen MR) is 97.1 cm³/mol. The third-order valence-electron chi connectivity index (χ3n) is 4.51. The van der Waals surface area contributed by atoms with Crippen molar-refractivity contribution in [2.24, 2.45) is 0 Å². The van der Waals surface area contributed by atoms with Crippen molar-refractivity contribution in [3.8, 4) is 0 Å². The van der Waals surface area contributed by atoms with Gasteiger partial charge in [0.25, 0.3) is 0 Å². The van der Waals surface area contributed by atoms with Crippen LogP contribution in [0.15, 0.2) is 23.7 Å². The van der Waals surface area contributed by atoms with E-state index in [1.165, 1.54) is 0 Å². The molecule has 0 radical (unpaired) electrons. The van der Waals surface area contributed by atoms with Crippen molar-refractivity contribution in [2.45, 2.75) is 45.3 Å². The lowest BCUT2D eigenvalue weighted by Gasteiger charge is -2.38. The van der Waals surface area contributed by atoms with Crippen LogP contribution in [0.2, 0.25) is 0 Å². The normalized spacial score (nSPS) is 21.8. The minimum atomic E-state index is -0.0122. The highest BCUT2D eigenvalue weighted by molar-refractivity contribution is 7.09. The van der Waals surface area contributed by atoms with E-state index in [-0.39, 0.29) is 17.6 Å². The molecule has 25 heavy (non-hydrogen) atoms. The molecule has 8 heteroatoms. The van der Waals surface area contributed by atoms with Gasteiger partial charge in [-0.25, -0.2) is 4.98 Å². The average molecular weight is 358 g/mol. The van der Waals surface area contributed by atoms with Gasteiger partial charge >= 0.3 is 0 Å². The summed E-state index contributed by atoms with van der Waals surface area (Å²) in [5.41, 5.74) is 3.02. The fourth-order valence-corrected chi connectivity index (χ4v) is 4.03. The van der Waals surface area contributed by atoms with Crippen molar-refractivity contribution in [1.82, 2.24) is 25.0 Å². The molecular weight excluding hydrogens is 336 g/mol. The van der Waals surface area contributed by atoms with E-state index in [9.17, 15) is 0 Å². The largest absolute Gasteiger partial charge is 0.367 e. The van der Waals surface area contributed by atoms with Crippen LogP contribution in [-0.4, -0.2) is 44.2 Å². The molecule has 7 nitrogen and oxygen atoms in total. The Morgan fingerprint density at radius 1 is 1.28 bits per heavy atom. The molecule has 0 amide bonds. The molecule has 1 fully saturated rings. The van der Waals surface area contributed by atoms with Crippen LogP contribution in [0.4, 0.5) is 5.69 Å². The van der Waals surface area contributed by atoms with Crippen molar-refractivity contribution in [3.05, 3.63) is 34.4 Å². The van der Waals surface area contributed by atoms with E-state index in [2.05, 4.69) is 59.6 Å². The van der Waals surface area contributed by atoms with E-state index in [4.69, 9.17) is 9.72 Å². The Labute approximate surface area is 150 Å². The monoisotopic (exact) mass is 358 g/mol. The van der Waals surface area contributed by atoms with Crippen LogP contribution in [0.3, 0.4) is 0 Å². The maximum Gasteiger partial charge on any atom is 0.179 e. The zero-order valence-corrected chi connectivity index (χ0v) is 15.7. The molecule has 2 atom stereocenters. The number of anilines is 1. The number of fused-ring (bicyclic) bond motifs is 1. The molecule has 1 aliphatic heterocycles. The zero-order chi connectivity index (χ0) is 17.6. The summed E-state index contributed by atoms with van der Waals surface area (Å²) >= 11 is 1.68. The lowest BCUT2D eigenvalue weighted by molar-refractivity contribution is 0.0212. The van der Waals surface area contributed by atoms with Gasteiger partial charge in [-0.1, -0.05) is 20.8 Å². The van der Waals surface area contributed by atoms with E-state index in [1.54, 1.807) is 15.9 Å². The summed E-state index contributed by atoms with van der Waals surface area (Å²) in [4.78, 5) is 7.17. The van der Waals surface area contributed by atoms with Crippen molar-refractivity contribution >= 4 is 22.7 Å². The number of pyridine rings is 1. The van der Waals surface area contributed by atoms with E-state index in [1.807, 2.05) is 12.3 Å². The highest BCUT2D eigenvalue weighted by Gasteiger charge is 2.30. The van der Waals surface area contributed by atoms with Gasteiger partial charge < -0.3 is 9.64 Å². The fraction of sp³-hybridized carbons (Fsp3) is 0.529. The number of nitrogens with zero attached hydrogens (tertiary/aromatic N) is 6. The lowest BCUT2D eigenvalue weighted by atomic mass is 9.93. The van der Waals surface area contributed by atoms with Gasteiger partial charge in [-0.15, -0.1) is 16.4 Å². The second-order valence-corrected chi connectivity index (χ2v) is 8.40. The summed E-state index contributed by atoms with van der Waals surface area (Å²) in [7, 11) is 0. The first-order valence-electron chi connectivity index (χ1n) is 8.44. The number of morpholine rings is 1. The molecule has 0 unspecified atom stereocenters. The zero-order valence-electron chi connectivity index (χ0n) is 14.9. The van der Waals surface area contributed by atoms with Crippen molar-refractivity contribution in [3.63, 3.8) is 0 Å². The first-order valence-corrected chi connectivity index (χ1v) is 9.32. The topological polar surface area (TPSA) is 68.4 Å². The second-order valence-electron chi connectivity index (χ2n) is 7.51. The lowest BCUT2D eigenvalue weighted by Crippen LogP contribution is -2.45. The van der Waals surface area contributed by atoms with E-state index >= 15 is 0 Å². The maximum atomic E-state index is 6.09. The number of thiazole rings is 1. The SMILES string of the molecule is C[C@H]1CO[C@H](c2nc(C(C)(C)C)cs2)CN1c1ccc2nnnn2c1. The third kappa shape index (κ3) is 3.11. The smallest absolute Gasteiger partial charge is 0.179 e. The molecule has 0 bridgehead atoms. The molecule has 1 saturated heterocycles. The van der Waals surface area contributed by atoms with Gasteiger partial charge in [-0.05, 0) is 29.5 Å². The Kier molecular flexibility index (Phi) is 3.96. The number of hydrogen-bond acceptors (Lipinski definition) is 7. The molecule has 4 heterocycles. The Bertz CT molecular complexity index is 883. The Morgan fingerprint density at radius 3 is 2.88 bits per heavy atom. The molecule has 0 spiro atoms. The molecule has 3 aromatic rings. The van der Waals surface area contributed by atoms with Crippen LogP contribution in [0, 0.1) is 0 Å². The van der Waals surface area contributed by atoms with E-state index in [0.717, 1.165) is 28.6 Å². The predicted octanol–water partition coefficient (Wildman–Crippen LogP) is 2.84. The van der Waals surface area contributed by atoms with Gasteiger partial charge in [-0.3, -0.25) is 0 Å². The van der Waals surface area contributed by atoms with Gasteiger partial charge in [0.2, 0.25) is 0 Å². The summed E-state index contributed by atoms with van der Waals surface area (Å²) in [6, 6.07) is 4.29. The van der Waals surface area contributed by atoms with Crippen LogP contribution in [-0.2, 0) is 10.2 Å².